The summed E-state index contributed by atoms with van der Waals surface area (Å²) in [5.74, 6) is 0. The van der Waals surface area contributed by atoms with E-state index in [-0.39, 0.29) is 21.2 Å². The van der Waals surface area contributed by atoms with Crippen LogP contribution in [0.15, 0.2) is 0 Å². The van der Waals surface area contributed by atoms with Crippen LogP contribution in [0, 0.1) is 0 Å². The number of rotatable bonds is 23. The number of hydrogen-bond donors (Lipinski definition) is 1. The number of quaternary nitrogens is 1. The molecule has 3 N–H and O–H groups in total. The van der Waals surface area contributed by atoms with Crippen molar-refractivity contribution in [2.75, 3.05) is 27.9 Å². The minimum atomic E-state index is -2.28. The normalized spacial score (nSPS) is 11.3. The summed E-state index contributed by atoms with van der Waals surface area (Å²) in [7, 11) is 2.34. The van der Waals surface area contributed by atoms with E-state index < -0.39 is 8.80 Å². The molecule has 33 heavy (non-hydrogen) atoms. The standard InChI is InChI=1S/C20H44Si.C6H17NO3Si.ClH/c1-4-5-6-7-8-9-10-11-12-13-14-15-16-17-18-19-20-21(2)3;1-8-11(9-2,10-3)6-4-5-7;/h21H,4-20H2,1-3H3;4-7H2,1-3H3;1H. The van der Waals surface area contributed by atoms with Gasteiger partial charge >= 0.3 is 8.80 Å². The second-order valence-electron chi connectivity index (χ2n) is 9.74. The lowest BCUT2D eigenvalue weighted by atomic mass is 10.0. The molecule has 0 fully saturated rings. The average molecular weight is 528 g/mol. The molecule has 0 rings (SSSR count). The van der Waals surface area contributed by atoms with Crippen molar-refractivity contribution in [1.29, 1.82) is 0 Å². The largest absolute Gasteiger partial charge is 1.00 e. The summed E-state index contributed by atoms with van der Waals surface area (Å²) < 4.78 is 15.6. The molecule has 0 heterocycles. The fraction of sp³-hybridized carbons (Fsp3) is 1.00. The molecule has 0 aromatic rings. The van der Waals surface area contributed by atoms with Crippen LogP contribution >= 0.6 is 0 Å². The van der Waals surface area contributed by atoms with Crippen LogP contribution in [0.3, 0.4) is 0 Å². The third-order valence-electron chi connectivity index (χ3n) is 6.30. The Labute approximate surface area is 217 Å². The van der Waals surface area contributed by atoms with Crippen LogP contribution in [-0.4, -0.2) is 45.5 Å². The van der Waals surface area contributed by atoms with E-state index in [0.29, 0.717) is 0 Å². The zero-order valence-electron chi connectivity index (χ0n) is 23.5. The van der Waals surface area contributed by atoms with Crippen molar-refractivity contribution in [2.24, 2.45) is 0 Å². The smallest absolute Gasteiger partial charge is 0.500 e. The molecular formula is C26H62ClNO3Si2. The van der Waals surface area contributed by atoms with Crippen molar-refractivity contribution in [1.82, 2.24) is 0 Å². The first kappa shape index (κ1) is 38.1. The molecule has 0 atom stereocenters. The Morgan fingerprint density at radius 2 is 0.909 bits per heavy atom. The van der Waals surface area contributed by atoms with Crippen LogP contribution in [0.1, 0.15) is 116 Å². The molecule has 0 aromatic heterocycles. The van der Waals surface area contributed by atoms with E-state index in [2.05, 4.69) is 25.8 Å². The van der Waals surface area contributed by atoms with E-state index in [1.807, 2.05) is 0 Å². The van der Waals surface area contributed by atoms with Crippen molar-refractivity contribution in [2.45, 2.75) is 141 Å². The number of hydrogen-bond acceptors (Lipinski definition) is 3. The maximum Gasteiger partial charge on any atom is 0.500 e. The van der Waals surface area contributed by atoms with Gasteiger partial charge in [-0.3, -0.25) is 0 Å². The van der Waals surface area contributed by atoms with Crippen molar-refractivity contribution in [3.8, 4) is 0 Å². The summed E-state index contributed by atoms with van der Waals surface area (Å²) in [4.78, 5) is 0. The quantitative estimate of drug-likeness (QED) is 0.160. The van der Waals surface area contributed by atoms with Gasteiger partial charge in [-0.05, 0) is 0 Å². The summed E-state index contributed by atoms with van der Waals surface area (Å²) in [5.41, 5.74) is 3.75. The highest BCUT2D eigenvalue weighted by Gasteiger charge is 2.36. The molecule has 0 unspecified atom stereocenters. The van der Waals surface area contributed by atoms with Gasteiger partial charge in [0.2, 0.25) is 0 Å². The Morgan fingerprint density at radius 3 is 1.18 bits per heavy atom. The van der Waals surface area contributed by atoms with Gasteiger partial charge in [-0.15, -0.1) is 0 Å². The van der Waals surface area contributed by atoms with Crippen molar-refractivity contribution in [3.63, 3.8) is 0 Å². The molecule has 0 bridgehead atoms. The topological polar surface area (TPSA) is 55.3 Å². The molecule has 0 spiro atoms. The van der Waals surface area contributed by atoms with Gasteiger partial charge < -0.3 is 31.4 Å². The van der Waals surface area contributed by atoms with Crippen LogP contribution in [0.2, 0.25) is 25.2 Å². The molecular weight excluding hydrogens is 466 g/mol. The summed E-state index contributed by atoms with van der Waals surface area (Å²) in [6, 6.07) is 2.42. The Kier molecular flexibility index (Phi) is 35.3. The fourth-order valence-corrected chi connectivity index (χ4v) is 6.90. The zero-order chi connectivity index (χ0) is 24.3. The summed E-state index contributed by atoms with van der Waals surface area (Å²) in [6.45, 7) is 8.15. The first-order chi connectivity index (χ1) is 15.5. The third kappa shape index (κ3) is 28.7. The molecule has 0 radical (unpaired) electrons. The Balaban J connectivity index is -0.000000636. The first-order valence-corrected chi connectivity index (χ1v) is 19.0. The van der Waals surface area contributed by atoms with Gasteiger partial charge in [0, 0.05) is 42.6 Å². The highest BCUT2D eigenvalue weighted by atomic mass is 35.5. The summed E-state index contributed by atoms with van der Waals surface area (Å²) >= 11 is 0. The van der Waals surface area contributed by atoms with Crippen molar-refractivity contribution >= 4 is 17.6 Å². The molecule has 4 nitrogen and oxygen atoms in total. The minimum Gasteiger partial charge on any atom is -1.00 e. The van der Waals surface area contributed by atoms with Crippen molar-refractivity contribution < 1.29 is 31.4 Å². The molecule has 0 saturated carbocycles. The first-order valence-electron chi connectivity index (χ1n) is 14.0. The third-order valence-corrected chi connectivity index (χ3v) is 10.7. The molecule has 0 aromatic carbocycles. The van der Waals surface area contributed by atoms with Gasteiger partial charge in [-0.25, -0.2) is 0 Å². The highest BCUT2D eigenvalue weighted by molar-refractivity contribution is 6.60. The second kappa shape index (κ2) is 30.6. The minimum absolute atomic E-state index is 0. The van der Waals surface area contributed by atoms with Crippen LogP contribution < -0.4 is 18.1 Å². The van der Waals surface area contributed by atoms with E-state index >= 15 is 0 Å². The van der Waals surface area contributed by atoms with E-state index in [0.717, 1.165) is 19.0 Å². The van der Waals surface area contributed by atoms with E-state index in [1.165, 1.54) is 103 Å². The van der Waals surface area contributed by atoms with Crippen LogP contribution in [0.5, 0.6) is 0 Å². The lowest BCUT2D eigenvalue weighted by molar-refractivity contribution is -0.367. The second-order valence-corrected chi connectivity index (χ2v) is 16.2. The van der Waals surface area contributed by atoms with Crippen LogP contribution in [0.4, 0.5) is 0 Å². The van der Waals surface area contributed by atoms with E-state index in [9.17, 15) is 0 Å². The predicted octanol–water partition coefficient (Wildman–Crippen LogP) is 4.24. The predicted molar refractivity (Wildman–Crippen MR) is 147 cm³/mol. The van der Waals surface area contributed by atoms with E-state index in [4.69, 9.17) is 13.3 Å². The van der Waals surface area contributed by atoms with Gasteiger partial charge in [0.1, 0.15) is 0 Å². The number of unbranched alkanes of at least 4 members (excludes halogenated alkanes) is 15. The van der Waals surface area contributed by atoms with Crippen LogP contribution in [-0.2, 0) is 13.3 Å². The Bertz CT molecular complexity index is 341. The van der Waals surface area contributed by atoms with Crippen LogP contribution in [0.25, 0.3) is 0 Å². The number of halogens is 1. The Morgan fingerprint density at radius 1 is 0.576 bits per heavy atom. The molecule has 0 amide bonds. The van der Waals surface area contributed by atoms with Gasteiger partial charge in [0.25, 0.3) is 0 Å². The molecule has 0 aliphatic heterocycles. The van der Waals surface area contributed by atoms with E-state index in [1.54, 1.807) is 27.4 Å². The van der Waals surface area contributed by atoms with Gasteiger partial charge in [0.15, 0.2) is 0 Å². The molecule has 0 aliphatic carbocycles. The molecule has 0 saturated heterocycles. The Hall–Kier alpha value is 0.564. The highest BCUT2D eigenvalue weighted by Crippen LogP contribution is 2.15. The van der Waals surface area contributed by atoms with Crippen molar-refractivity contribution in [3.05, 3.63) is 0 Å². The molecule has 0 aliphatic rings. The lowest BCUT2D eigenvalue weighted by Gasteiger charge is -2.23. The average Bonchev–Trinajstić information content (AvgIpc) is 2.80. The lowest BCUT2D eigenvalue weighted by Crippen LogP contribution is -3.00. The zero-order valence-corrected chi connectivity index (χ0v) is 26.4. The maximum absolute atomic E-state index is 5.20. The fourth-order valence-electron chi connectivity index (χ4n) is 4.00. The molecule has 7 heteroatoms. The SMILES string of the molecule is CCCCCCCCCCCCCCCCCC[SiH](C)C.CO[Si](CCC[NH3+])(OC)OC.[Cl-]. The summed E-state index contributed by atoms with van der Waals surface area (Å²) in [6.07, 6.45) is 24.7. The maximum atomic E-state index is 5.20. The van der Waals surface area contributed by atoms with Gasteiger partial charge in [-0.2, -0.15) is 0 Å². The summed E-state index contributed by atoms with van der Waals surface area (Å²) in [5, 5.41) is 0. The molecule has 204 valence electrons. The van der Waals surface area contributed by atoms with Gasteiger partial charge in [0.05, 0.1) is 6.54 Å². The van der Waals surface area contributed by atoms with Gasteiger partial charge in [-0.1, -0.05) is 129 Å². The monoisotopic (exact) mass is 527 g/mol.